The predicted molar refractivity (Wildman–Crippen MR) is 107 cm³/mol. The molecule has 0 unspecified atom stereocenters. The van der Waals surface area contributed by atoms with Crippen LogP contribution in [0.25, 0.3) is 0 Å². The quantitative estimate of drug-likeness (QED) is 0.803. The monoisotopic (exact) mass is 382 g/mol. The Kier molecular flexibility index (Phi) is 5.36. The third-order valence-corrected chi connectivity index (χ3v) is 6.10. The molecular formula is C23H27FN2O2. The van der Waals surface area contributed by atoms with Crippen molar-refractivity contribution in [1.29, 1.82) is 0 Å². The molecular weight excluding hydrogens is 355 g/mol. The molecule has 0 aromatic heterocycles. The van der Waals surface area contributed by atoms with Crippen molar-refractivity contribution < 1.29 is 13.9 Å². The van der Waals surface area contributed by atoms with Crippen molar-refractivity contribution in [2.24, 2.45) is 0 Å². The number of carbonyl (C=O) groups is 1. The van der Waals surface area contributed by atoms with Crippen molar-refractivity contribution in [3.8, 4) is 5.75 Å². The third-order valence-electron chi connectivity index (χ3n) is 6.10. The summed E-state index contributed by atoms with van der Waals surface area (Å²) in [6, 6.07) is 14.7. The zero-order valence-corrected chi connectivity index (χ0v) is 16.5. The molecule has 4 nitrogen and oxygen atoms in total. The fourth-order valence-corrected chi connectivity index (χ4v) is 4.86. The Labute approximate surface area is 165 Å². The molecule has 0 aliphatic carbocycles. The van der Waals surface area contributed by atoms with Crippen molar-refractivity contribution in [3.63, 3.8) is 0 Å². The van der Waals surface area contributed by atoms with E-state index in [-0.39, 0.29) is 29.7 Å². The van der Waals surface area contributed by atoms with Crippen LogP contribution >= 0.6 is 0 Å². The van der Waals surface area contributed by atoms with Crippen LogP contribution < -0.4 is 4.74 Å². The van der Waals surface area contributed by atoms with Crippen LogP contribution in [0.1, 0.15) is 41.6 Å². The molecule has 2 aliphatic heterocycles. The van der Waals surface area contributed by atoms with Crippen LogP contribution in [0.5, 0.6) is 5.75 Å². The van der Waals surface area contributed by atoms with Crippen molar-refractivity contribution in [3.05, 3.63) is 65.5 Å². The van der Waals surface area contributed by atoms with Crippen molar-refractivity contribution >= 4 is 5.91 Å². The first-order valence-electron chi connectivity index (χ1n) is 10.1. The second-order valence-electron chi connectivity index (χ2n) is 7.73. The lowest BCUT2D eigenvalue weighted by Gasteiger charge is -2.39. The number of benzene rings is 2. The normalized spacial score (nSPS) is 24.8. The van der Waals surface area contributed by atoms with Gasteiger partial charge in [0.1, 0.15) is 11.6 Å². The van der Waals surface area contributed by atoms with Gasteiger partial charge in [0.2, 0.25) is 0 Å². The highest BCUT2D eigenvalue weighted by Crippen LogP contribution is 2.40. The Morgan fingerprint density at radius 2 is 1.93 bits per heavy atom. The van der Waals surface area contributed by atoms with E-state index in [9.17, 15) is 9.18 Å². The Hall–Kier alpha value is -2.40. The van der Waals surface area contributed by atoms with Crippen molar-refractivity contribution in [2.75, 3.05) is 26.7 Å². The molecule has 2 aliphatic rings. The summed E-state index contributed by atoms with van der Waals surface area (Å²) in [5.74, 6) is 0.618. The smallest absolute Gasteiger partial charge is 0.257 e. The molecule has 28 heavy (non-hydrogen) atoms. The topological polar surface area (TPSA) is 32.8 Å². The number of piperidine rings is 1. The van der Waals surface area contributed by atoms with Gasteiger partial charge in [0.05, 0.1) is 12.2 Å². The Morgan fingerprint density at radius 3 is 2.68 bits per heavy atom. The van der Waals surface area contributed by atoms with E-state index in [0.29, 0.717) is 24.5 Å². The fraction of sp³-hybridized carbons (Fsp3) is 0.435. The van der Waals surface area contributed by atoms with E-state index in [1.807, 2.05) is 48.2 Å². The summed E-state index contributed by atoms with van der Waals surface area (Å²) in [6.07, 6.45) is 2.07. The number of likely N-dealkylation sites (N-methyl/N-ethyl adjacent to an activating group) is 1. The van der Waals surface area contributed by atoms with E-state index in [1.165, 1.54) is 12.1 Å². The second-order valence-corrected chi connectivity index (χ2v) is 7.73. The van der Waals surface area contributed by atoms with Gasteiger partial charge in [-0.2, -0.15) is 0 Å². The third kappa shape index (κ3) is 3.39. The minimum Gasteiger partial charge on any atom is -0.493 e. The van der Waals surface area contributed by atoms with Crippen LogP contribution in [0.4, 0.5) is 4.39 Å². The SMILES string of the molecule is CCOc1ccccc1C(=O)N1C[C@H](c2ccc(F)cc2)[C@@H]2[C@H]1CCCN2C. The highest BCUT2D eigenvalue weighted by atomic mass is 19.1. The molecule has 2 aromatic carbocycles. The molecule has 0 saturated carbocycles. The summed E-state index contributed by atoms with van der Waals surface area (Å²) in [4.78, 5) is 17.9. The van der Waals surface area contributed by atoms with E-state index < -0.39 is 0 Å². The first-order chi connectivity index (χ1) is 13.6. The molecule has 2 aromatic rings. The maximum Gasteiger partial charge on any atom is 0.257 e. The average Bonchev–Trinajstić information content (AvgIpc) is 3.10. The molecule has 2 saturated heterocycles. The van der Waals surface area contributed by atoms with E-state index in [2.05, 4.69) is 11.9 Å². The zero-order valence-electron chi connectivity index (χ0n) is 16.5. The maximum absolute atomic E-state index is 13.5. The van der Waals surface area contributed by atoms with Gasteiger partial charge in [-0.3, -0.25) is 4.79 Å². The number of amides is 1. The van der Waals surface area contributed by atoms with Gasteiger partial charge in [-0.05, 0) is 63.2 Å². The molecule has 2 fully saturated rings. The van der Waals surface area contributed by atoms with E-state index >= 15 is 0 Å². The van der Waals surface area contributed by atoms with E-state index in [0.717, 1.165) is 24.9 Å². The van der Waals surface area contributed by atoms with Crippen LogP contribution in [0.3, 0.4) is 0 Å². The van der Waals surface area contributed by atoms with Gasteiger partial charge in [0, 0.05) is 24.5 Å². The number of ether oxygens (including phenoxy) is 1. The van der Waals surface area contributed by atoms with Gasteiger partial charge in [0.25, 0.3) is 5.91 Å². The lowest BCUT2D eigenvalue weighted by Crippen LogP contribution is -2.50. The molecule has 0 radical (unpaired) electrons. The Balaban J connectivity index is 1.68. The van der Waals surface area contributed by atoms with Gasteiger partial charge in [-0.1, -0.05) is 24.3 Å². The number of halogens is 1. The number of hydrogen-bond acceptors (Lipinski definition) is 3. The van der Waals surface area contributed by atoms with Crippen LogP contribution in [-0.2, 0) is 0 Å². The predicted octanol–water partition coefficient (Wildman–Crippen LogP) is 3.93. The minimum atomic E-state index is -0.228. The van der Waals surface area contributed by atoms with Gasteiger partial charge in [0.15, 0.2) is 0 Å². The number of para-hydroxylation sites is 1. The Morgan fingerprint density at radius 1 is 1.18 bits per heavy atom. The maximum atomic E-state index is 13.5. The number of rotatable bonds is 4. The van der Waals surface area contributed by atoms with E-state index in [4.69, 9.17) is 4.74 Å². The second kappa shape index (κ2) is 7.92. The average molecular weight is 382 g/mol. The Bertz CT molecular complexity index is 839. The van der Waals surface area contributed by atoms with E-state index in [1.54, 1.807) is 0 Å². The molecule has 4 rings (SSSR count). The highest BCUT2D eigenvalue weighted by Gasteiger charge is 2.48. The number of likely N-dealkylation sites (tertiary alicyclic amines) is 2. The first-order valence-corrected chi connectivity index (χ1v) is 10.1. The molecule has 0 bridgehead atoms. The number of fused-ring (bicyclic) bond motifs is 1. The summed E-state index contributed by atoms with van der Waals surface area (Å²) in [5, 5.41) is 0. The van der Waals surface area contributed by atoms with Crippen LogP contribution in [-0.4, -0.2) is 54.5 Å². The molecule has 5 heteroatoms. The van der Waals surface area contributed by atoms with Crippen LogP contribution in [0.15, 0.2) is 48.5 Å². The van der Waals surface area contributed by atoms with Gasteiger partial charge in [-0.25, -0.2) is 4.39 Å². The summed E-state index contributed by atoms with van der Waals surface area (Å²) in [7, 11) is 2.13. The molecule has 2 heterocycles. The summed E-state index contributed by atoms with van der Waals surface area (Å²) in [6.45, 7) is 4.12. The first kappa shape index (κ1) is 18.9. The molecule has 148 valence electrons. The molecule has 3 atom stereocenters. The lowest BCUT2D eigenvalue weighted by atomic mass is 9.86. The zero-order chi connectivity index (χ0) is 19.7. The summed E-state index contributed by atoms with van der Waals surface area (Å²) < 4.78 is 19.1. The standard InChI is InChI=1S/C23H27FN2O2/c1-3-28-21-9-5-4-7-18(21)23(27)26-15-19(16-10-12-17(24)13-11-16)22-20(26)8-6-14-25(22)2/h4-5,7,9-13,19-20,22H,3,6,8,14-15H2,1-2H3/t19-,20-,22-/m1/s1. The summed E-state index contributed by atoms with van der Waals surface area (Å²) in [5.41, 5.74) is 1.72. The van der Waals surface area contributed by atoms with Gasteiger partial charge >= 0.3 is 0 Å². The highest BCUT2D eigenvalue weighted by molar-refractivity contribution is 5.97. The molecule has 0 spiro atoms. The minimum absolute atomic E-state index is 0.0268. The van der Waals surface area contributed by atoms with Gasteiger partial charge in [-0.15, -0.1) is 0 Å². The van der Waals surface area contributed by atoms with Crippen LogP contribution in [0.2, 0.25) is 0 Å². The lowest BCUT2D eigenvalue weighted by molar-refractivity contribution is 0.0625. The van der Waals surface area contributed by atoms with Crippen molar-refractivity contribution in [1.82, 2.24) is 9.80 Å². The van der Waals surface area contributed by atoms with Gasteiger partial charge < -0.3 is 14.5 Å². The number of hydrogen-bond donors (Lipinski definition) is 0. The largest absolute Gasteiger partial charge is 0.493 e. The summed E-state index contributed by atoms with van der Waals surface area (Å²) >= 11 is 0. The fourth-order valence-electron chi connectivity index (χ4n) is 4.86. The number of nitrogens with zero attached hydrogens (tertiary/aromatic N) is 2. The molecule has 0 N–H and O–H groups in total. The molecule has 1 amide bonds. The van der Waals surface area contributed by atoms with Crippen LogP contribution in [0, 0.1) is 5.82 Å². The van der Waals surface area contributed by atoms with Crippen molar-refractivity contribution in [2.45, 2.75) is 37.8 Å². The number of carbonyl (C=O) groups excluding carboxylic acids is 1.